The molecule has 22 heavy (non-hydrogen) atoms. The molecule has 1 aliphatic carbocycles. The summed E-state index contributed by atoms with van der Waals surface area (Å²) in [5.41, 5.74) is 2.31. The minimum atomic E-state index is -0.175. The third-order valence-electron chi connectivity index (χ3n) is 4.17. The zero-order valence-electron chi connectivity index (χ0n) is 13.5. The molecule has 0 aromatic heterocycles. The fraction of sp³-hybridized carbons (Fsp3) is 0.588. The number of aryl methyl sites for hydroxylation is 1. The molecule has 2 rings (SSSR count). The molecule has 0 radical (unpaired) electrons. The highest BCUT2D eigenvalue weighted by atomic mass is 35.5. The highest BCUT2D eigenvalue weighted by molar-refractivity contribution is 5.85. The number of hydrogen-bond donors (Lipinski definition) is 2. The number of carbonyl (C=O) groups excluding carboxylic acids is 1. The zero-order valence-corrected chi connectivity index (χ0v) is 14.3. The van der Waals surface area contributed by atoms with Gasteiger partial charge < -0.3 is 15.4 Å². The van der Waals surface area contributed by atoms with Crippen LogP contribution in [0.25, 0.3) is 0 Å². The van der Waals surface area contributed by atoms with Crippen molar-refractivity contribution in [3.05, 3.63) is 35.4 Å². The van der Waals surface area contributed by atoms with Crippen LogP contribution in [0.4, 0.5) is 0 Å². The van der Waals surface area contributed by atoms with E-state index >= 15 is 0 Å². The van der Waals surface area contributed by atoms with Gasteiger partial charge in [0.25, 0.3) is 0 Å². The molecule has 1 aromatic carbocycles. The lowest BCUT2D eigenvalue weighted by Crippen LogP contribution is -2.47. The smallest absolute Gasteiger partial charge is 0.234 e. The summed E-state index contributed by atoms with van der Waals surface area (Å²) < 4.78 is 4.97. The van der Waals surface area contributed by atoms with Gasteiger partial charge in [0.2, 0.25) is 5.91 Å². The molecule has 5 heteroatoms. The van der Waals surface area contributed by atoms with Crippen molar-refractivity contribution in [3.8, 4) is 0 Å². The Morgan fingerprint density at radius 1 is 1.32 bits per heavy atom. The average molecular weight is 327 g/mol. The maximum Gasteiger partial charge on any atom is 0.234 e. The topological polar surface area (TPSA) is 50.4 Å². The van der Waals surface area contributed by atoms with E-state index in [9.17, 15) is 4.79 Å². The van der Waals surface area contributed by atoms with Crippen molar-refractivity contribution >= 4 is 18.3 Å². The molecule has 1 aromatic rings. The van der Waals surface area contributed by atoms with Crippen molar-refractivity contribution in [3.63, 3.8) is 0 Å². The second kappa shape index (κ2) is 9.13. The molecule has 0 spiro atoms. The number of benzene rings is 1. The normalized spacial score (nSPS) is 16.1. The van der Waals surface area contributed by atoms with Crippen LogP contribution >= 0.6 is 12.4 Å². The molecular weight excluding hydrogens is 300 g/mol. The Morgan fingerprint density at radius 2 is 2.05 bits per heavy atom. The number of hydrogen-bond acceptors (Lipinski definition) is 3. The van der Waals surface area contributed by atoms with Crippen molar-refractivity contribution in [2.75, 3.05) is 26.8 Å². The van der Waals surface area contributed by atoms with Crippen LogP contribution in [0.5, 0.6) is 0 Å². The summed E-state index contributed by atoms with van der Waals surface area (Å²) in [5, 5.41) is 6.37. The van der Waals surface area contributed by atoms with Crippen molar-refractivity contribution in [1.82, 2.24) is 10.6 Å². The van der Waals surface area contributed by atoms with Crippen molar-refractivity contribution in [1.29, 1.82) is 0 Å². The lowest BCUT2D eigenvalue weighted by molar-refractivity contribution is -0.122. The minimum absolute atomic E-state index is 0. The molecule has 2 N–H and O–H groups in total. The van der Waals surface area contributed by atoms with E-state index in [1.165, 1.54) is 24.0 Å². The molecule has 0 atom stereocenters. The quantitative estimate of drug-likeness (QED) is 0.757. The number of carbonyl (C=O) groups is 1. The van der Waals surface area contributed by atoms with Crippen LogP contribution < -0.4 is 10.6 Å². The van der Waals surface area contributed by atoms with E-state index < -0.39 is 0 Å². The van der Waals surface area contributed by atoms with Gasteiger partial charge in [-0.1, -0.05) is 42.7 Å². The Bertz CT molecular complexity index is 473. The van der Waals surface area contributed by atoms with Gasteiger partial charge in [-0.3, -0.25) is 4.79 Å². The van der Waals surface area contributed by atoms with Crippen LogP contribution in [0.1, 0.15) is 36.8 Å². The third kappa shape index (κ3) is 4.97. The van der Waals surface area contributed by atoms with Crippen LogP contribution in [0.15, 0.2) is 24.3 Å². The molecule has 0 heterocycles. The number of methoxy groups -OCH3 is 1. The first-order valence-corrected chi connectivity index (χ1v) is 7.74. The second-order valence-electron chi connectivity index (χ2n) is 5.88. The molecule has 1 aliphatic rings. The van der Waals surface area contributed by atoms with Crippen LogP contribution in [0, 0.1) is 6.92 Å². The molecule has 0 aliphatic heterocycles. The van der Waals surface area contributed by atoms with E-state index in [4.69, 9.17) is 4.74 Å². The fourth-order valence-electron chi connectivity index (χ4n) is 3.09. The monoisotopic (exact) mass is 326 g/mol. The van der Waals surface area contributed by atoms with Crippen LogP contribution in [-0.2, 0) is 15.1 Å². The summed E-state index contributed by atoms with van der Waals surface area (Å²) in [7, 11) is 1.66. The van der Waals surface area contributed by atoms with Gasteiger partial charge in [0.05, 0.1) is 18.7 Å². The Morgan fingerprint density at radius 3 is 2.68 bits per heavy atom. The van der Waals surface area contributed by atoms with Gasteiger partial charge >= 0.3 is 0 Å². The number of nitrogens with one attached hydrogen (secondary N) is 2. The zero-order chi connectivity index (χ0) is 15.1. The SMILES string of the molecule is COCCNCC(=O)NC1(c2cccc(C)c2)CCCC1.Cl. The van der Waals surface area contributed by atoms with Gasteiger partial charge in [-0.05, 0) is 25.3 Å². The van der Waals surface area contributed by atoms with Gasteiger partial charge in [-0.2, -0.15) is 0 Å². The summed E-state index contributed by atoms with van der Waals surface area (Å²) >= 11 is 0. The molecular formula is C17H27ClN2O2. The molecule has 1 fully saturated rings. The Labute approximate surface area is 139 Å². The highest BCUT2D eigenvalue weighted by Crippen LogP contribution is 2.38. The lowest BCUT2D eigenvalue weighted by Gasteiger charge is -2.31. The summed E-state index contributed by atoms with van der Waals surface area (Å²) in [6.07, 6.45) is 4.40. The molecule has 0 saturated heterocycles. The fourth-order valence-corrected chi connectivity index (χ4v) is 3.09. The molecule has 1 saturated carbocycles. The first-order valence-electron chi connectivity index (χ1n) is 7.74. The first kappa shape index (κ1) is 18.9. The lowest BCUT2D eigenvalue weighted by atomic mass is 9.87. The van der Waals surface area contributed by atoms with Crippen molar-refractivity contribution < 1.29 is 9.53 Å². The van der Waals surface area contributed by atoms with E-state index in [2.05, 4.69) is 41.8 Å². The third-order valence-corrected chi connectivity index (χ3v) is 4.17. The molecule has 1 amide bonds. The Balaban J connectivity index is 0.00000242. The van der Waals surface area contributed by atoms with Crippen LogP contribution in [-0.4, -0.2) is 32.7 Å². The van der Waals surface area contributed by atoms with Crippen LogP contribution in [0.2, 0.25) is 0 Å². The molecule has 4 nitrogen and oxygen atoms in total. The number of rotatable bonds is 7. The Kier molecular flexibility index (Phi) is 7.87. The summed E-state index contributed by atoms with van der Waals surface area (Å²) in [4.78, 5) is 12.2. The van der Waals surface area contributed by atoms with Gasteiger partial charge in [0, 0.05) is 13.7 Å². The number of ether oxygens (including phenoxy) is 1. The largest absolute Gasteiger partial charge is 0.383 e. The van der Waals surface area contributed by atoms with Gasteiger partial charge in [0.15, 0.2) is 0 Å². The predicted molar refractivity (Wildman–Crippen MR) is 91.5 cm³/mol. The minimum Gasteiger partial charge on any atom is -0.383 e. The van der Waals surface area contributed by atoms with Gasteiger partial charge in [-0.15, -0.1) is 12.4 Å². The van der Waals surface area contributed by atoms with E-state index in [1.807, 2.05) is 0 Å². The van der Waals surface area contributed by atoms with E-state index in [1.54, 1.807) is 7.11 Å². The van der Waals surface area contributed by atoms with E-state index in [0.717, 1.165) is 12.8 Å². The Hall–Kier alpha value is -1.10. The van der Waals surface area contributed by atoms with Gasteiger partial charge in [0.1, 0.15) is 0 Å². The average Bonchev–Trinajstić information content (AvgIpc) is 2.93. The molecule has 124 valence electrons. The second-order valence-corrected chi connectivity index (χ2v) is 5.88. The first-order chi connectivity index (χ1) is 10.2. The van der Waals surface area contributed by atoms with Crippen LogP contribution in [0.3, 0.4) is 0 Å². The van der Waals surface area contributed by atoms with Crippen molar-refractivity contribution in [2.45, 2.75) is 38.1 Å². The number of amides is 1. The van der Waals surface area contributed by atoms with E-state index in [-0.39, 0.29) is 23.9 Å². The number of halogens is 1. The maximum atomic E-state index is 12.2. The summed E-state index contributed by atoms with van der Waals surface area (Å²) in [6.45, 7) is 3.76. The molecule has 0 unspecified atom stereocenters. The highest BCUT2D eigenvalue weighted by Gasteiger charge is 2.36. The molecule has 0 bridgehead atoms. The maximum absolute atomic E-state index is 12.2. The van der Waals surface area contributed by atoms with Gasteiger partial charge in [-0.25, -0.2) is 0 Å². The summed E-state index contributed by atoms with van der Waals surface area (Å²) in [5.74, 6) is 0.0644. The van der Waals surface area contributed by atoms with Crippen molar-refractivity contribution in [2.24, 2.45) is 0 Å². The predicted octanol–water partition coefficient (Wildman–Crippen LogP) is 2.54. The summed E-state index contributed by atoms with van der Waals surface area (Å²) in [6, 6.07) is 8.51. The standard InChI is InChI=1S/C17H26N2O2.ClH/c1-14-6-5-7-15(12-14)17(8-3-4-9-17)19-16(20)13-18-10-11-21-2;/h5-7,12,18H,3-4,8-11,13H2,1-2H3,(H,19,20);1H. The van der Waals surface area contributed by atoms with E-state index in [0.29, 0.717) is 19.7 Å².